The van der Waals surface area contributed by atoms with E-state index in [2.05, 4.69) is 11.9 Å². The van der Waals surface area contributed by atoms with E-state index in [0.29, 0.717) is 12.1 Å². The minimum absolute atomic E-state index is 0.0288. The van der Waals surface area contributed by atoms with Crippen molar-refractivity contribution in [2.24, 2.45) is 0 Å². The van der Waals surface area contributed by atoms with Crippen molar-refractivity contribution >= 4 is 5.91 Å². The number of nitrogens with one attached hydrogen (secondary N) is 1. The third-order valence-corrected chi connectivity index (χ3v) is 0.785. The summed E-state index contributed by atoms with van der Waals surface area (Å²) in [6, 6.07) is 0. The van der Waals surface area contributed by atoms with Crippen LogP contribution in [0, 0.1) is 0 Å². The van der Waals surface area contributed by atoms with E-state index in [9.17, 15) is 4.79 Å². The van der Waals surface area contributed by atoms with Crippen molar-refractivity contribution in [3.05, 3.63) is 12.2 Å². The quantitative estimate of drug-likeness (QED) is 0.513. The van der Waals surface area contributed by atoms with Crippen molar-refractivity contribution in [2.45, 2.75) is 6.92 Å². The Balaban J connectivity index is 3.39. The topological polar surface area (TPSA) is 49.3 Å². The van der Waals surface area contributed by atoms with E-state index >= 15 is 0 Å². The van der Waals surface area contributed by atoms with Crippen LogP contribution in [-0.4, -0.2) is 24.2 Å². The van der Waals surface area contributed by atoms with Gasteiger partial charge in [0.15, 0.2) is 0 Å². The molecule has 0 aliphatic carbocycles. The van der Waals surface area contributed by atoms with E-state index in [1.54, 1.807) is 6.92 Å². The zero-order valence-corrected chi connectivity index (χ0v) is 5.48. The van der Waals surface area contributed by atoms with Gasteiger partial charge in [-0.1, -0.05) is 6.58 Å². The Bertz CT molecular complexity index is 120. The van der Waals surface area contributed by atoms with Crippen LogP contribution in [0.3, 0.4) is 0 Å². The Morgan fingerprint density at radius 3 is 2.67 bits per heavy atom. The molecule has 0 saturated heterocycles. The Morgan fingerprint density at radius 1 is 1.78 bits per heavy atom. The lowest BCUT2D eigenvalue weighted by Gasteiger charge is -1.99. The molecule has 0 radical (unpaired) electrons. The minimum Gasteiger partial charge on any atom is -0.395 e. The summed E-state index contributed by atoms with van der Waals surface area (Å²) >= 11 is 0. The van der Waals surface area contributed by atoms with Crippen LogP contribution in [0.25, 0.3) is 0 Å². The van der Waals surface area contributed by atoms with Crippen molar-refractivity contribution in [1.29, 1.82) is 0 Å². The van der Waals surface area contributed by atoms with Gasteiger partial charge in [-0.25, -0.2) is 0 Å². The highest BCUT2D eigenvalue weighted by Crippen LogP contribution is 1.83. The molecule has 0 unspecified atom stereocenters. The Morgan fingerprint density at radius 2 is 2.33 bits per heavy atom. The standard InChI is InChI=1S/C6H11NO2/c1-5(2)6(9)7-3-4-8/h8H,1,3-4H2,2H3,(H,7,9). The van der Waals surface area contributed by atoms with Crippen molar-refractivity contribution < 1.29 is 9.90 Å². The summed E-state index contributed by atoms with van der Waals surface area (Å²) in [7, 11) is 0. The van der Waals surface area contributed by atoms with E-state index in [1.165, 1.54) is 0 Å². The average molecular weight is 129 g/mol. The van der Waals surface area contributed by atoms with Crippen LogP contribution >= 0.6 is 0 Å². The third kappa shape index (κ3) is 3.73. The number of carbonyl (C=O) groups excluding carboxylic acids is 1. The number of amides is 1. The molecule has 3 nitrogen and oxygen atoms in total. The minimum atomic E-state index is -0.205. The van der Waals surface area contributed by atoms with Gasteiger partial charge < -0.3 is 10.4 Å². The molecule has 3 heteroatoms. The average Bonchev–Trinajstić information content (AvgIpc) is 1.82. The molecule has 52 valence electrons. The van der Waals surface area contributed by atoms with Gasteiger partial charge in [0.05, 0.1) is 6.61 Å². The van der Waals surface area contributed by atoms with E-state index in [1.807, 2.05) is 0 Å². The van der Waals surface area contributed by atoms with Crippen LogP contribution in [0.5, 0.6) is 0 Å². The van der Waals surface area contributed by atoms with Crippen LogP contribution in [0.2, 0.25) is 0 Å². The highest BCUT2D eigenvalue weighted by Gasteiger charge is 1.96. The molecule has 0 aromatic heterocycles. The summed E-state index contributed by atoms with van der Waals surface area (Å²) < 4.78 is 0. The lowest BCUT2D eigenvalue weighted by Crippen LogP contribution is -2.26. The van der Waals surface area contributed by atoms with E-state index < -0.39 is 0 Å². The first kappa shape index (κ1) is 8.17. The van der Waals surface area contributed by atoms with Crippen LogP contribution in [0.4, 0.5) is 0 Å². The molecule has 0 saturated carbocycles. The molecule has 0 aromatic rings. The predicted octanol–water partition coefficient (Wildman–Crippen LogP) is -0.329. The first-order valence-corrected chi connectivity index (χ1v) is 2.73. The lowest BCUT2D eigenvalue weighted by atomic mass is 10.3. The molecule has 0 spiro atoms. The summed E-state index contributed by atoms with van der Waals surface area (Å²) in [6.45, 7) is 5.30. The Kier molecular flexibility index (Phi) is 3.71. The van der Waals surface area contributed by atoms with E-state index in [4.69, 9.17) is 5.11 Å². The first-order chi connectivity index (χ1) is 4.18. The van der Waals surface area contributed by atoms with E-state index in [0.717, 1.165) is 0 Å². The number of carbonyl (C=O) groups is 1. The Labute approximate surface area is 54.4 Å². The van der Waals surface area contributed by atoms with Gasteiger partial charge in [-0.15, -0.1) is 0 Å². The Hall–Kier alpha value is -0.830. The van der Waals surface area contributed by atoms with Crippen LogP contribution in [0.1, 0.15) is 6.92 Å². The van der Waals surface area contributed by atoms with Crippen molar-refractivity contribution in [2.75, 3.05) is 13.2 Å². The number of hydrogen-bond acceptors (Lipinski definition) is 2. The van der Waals surface area contributed by atoms with Crippen molar-refractivity contribution in [1.82, 2.24) is 5.32 Å². The largest absolute Gasteiger partial charge is 0.395 e. The second-order valence-electron chi connectivity index (χ2n) is 1.76. The highest BCUT2D eigenvalue weighted by atomic mass is 16.3. The molecule has 0 rings (SSSR count). The third-order valence-electron chi connectivity index (χ3n) is 0.785. The van der Waals surface area contributed by atoms with Gasteiger partial charge in [-0.05, 0) is 6.92 Å². The van der Waals surface area contributed by atoms with Gasteiger partial charge in [0.2, 0.25) is 5.91 Å². The van der Waals surface area contributed by atoms with E-state index in [-0.39, 0.29) is 12.5 Å². The molecule has 9 heavy (non-hydrogen) atoms. The zero-order valence-electron chi connectivity index (χ0n) is 5.48. The van der Waals surface area contributed by atoms with Gasteiger partial charge in [-0.2, -0.15) is 0 Å². The number of aliphatic hydroxyl groups is 1. The molecule has 0 heterocycles. The zero-order chi connectivity index (χ0) is 7.28. The molecule has 0 aliphatic heterocycles. The van der Waals surface area contributed by atoms with Crippen LogP contribution in [-0.2, 0) is 4.79 Å². The second-order valence-corrected chi connectivity index (χ2v) is 1.76. The highest BCUT2D eigenvalue weighted by molar-refractivity contribution is 5.91. The van der Waals surface area contributed by atoms with Gasteiger partial charge in [-0.3, -0.25) is 4.79 Å². The molecule has 2 N–H and O–H groups in total. The predicted molar refractivity (Wildman–Crippen MR) is 34.9 cm³/mol. The maximum absolute atomic E-state index is 10.6. The molecule has 0 aromatic carbocycles. The summed E-state index contributed by atoms with van der Waals surface area (Å²) in [5.41, 5.74) is 0.462. The number of aliphatic hydroxyl groups excluding tert-OH is 1. The first-order valence-electron chi connectivity index (χ1n) is 2.73. The van der Waals surface area contributed by atoms with Gasteiger partial charge >= 0.3 is 0 Å². The van der Waals surface area contributed by atoms with Crippen LogP contribution in [0.15, 0.2) is 12.2 Å². The molecule has 1 amide bonds. The van der Waals surface area contributed by atoms with Gasteiger partial charge in [0, 0.05) is 12.1 Å². The summed E-state index contributed by atoms with van der Waals surface area (Å²) in [4.78, 5) is 10.6. The maximum Gasteiger partial charge on any atom is 0.246 e. The van der Waals surface area contributed by atoms with Gasteiger partial charge in [0.25, 0.3) is 0 Å². The van der Waals surface area contributed by atoms with Crippen LogP contribution < -0.4 is 5.32 Å². The summed E-state index contributed by atoms with van der Waals surface area (Å²) in [5, 5.41) is 10.7. The summed E-state index contributed by atoms with van der Waals surface area (Å²) in [5.74, 6) is -0.205. The molecular weight excluding hydrogens is 118 g/mol. The summed E-state index contributed by atoms with van der Waals surface area (Å²) in [6.07, 6.45) is 0. The molecule has 0 aliphatic rings. The molecule has 0 fully saturated rings. The van der Waals surface area contributed by atoms with Gasteiger partial charge in [0.1, 0.15) is 0 Å². The SMILES string of the molecule is C=C(C)C(=O)NCCO. The van der Waals surface area contributed by atoms with Crippen molar-refractivity contribution in [3.63, 3.8) is 0 Å². The number of rotatable bonds is 3. The fourth-order valence-electron chi connectivity index (χ4n) is 0.320. The fourth-order valence-corrected chi connectivity index (χ4v) is 0.320. The second kappa shape index (κ2) is 4.09. The monoisotopic (exact) mass is 129 g/mol. The smallest absolute Gasteiger partial charge is 0.246 e. The van der Waals surface area contributed by atoms with Crippen molar-refractivity contribution in [3.8, 4) is 0 Å². The lowest BCUT2D eigenvalue weighted by molar-refractivity contribution is -0.117. The molecule has 0 bridgehead atoms. The number of hydrogen-bond donors (Lipinski definition) is 2. The normalized spacial score (nSPS) is 8.67. The molecular formula is C6H11NO2. The molecule has 0 atom stereocenters. The fraction of sp³-hybridized carbons (Fsp3) is 0.500. The maximum atomic E-state index is 10.6.